The van der Waals surface area contributed by atoms with Crippen molar-refractivity contribution in [3.8, 4) is 6.07 Å². The van der Waals surface area contributed by atoms with Crippen LogP contribution in [0.1, 0.15) is 30.7 Å². The lowest BCUT2D eigenvalue weighted by atomic mass is 9.75. The van der Waals surface area contributed by atoms with Crippen LogP contribution in [0.2, 0.25) is 5.02 Å². The van der Waals surface area contributed by atoms with Crippen LogP contribution in [0.5, 0.6) is 0 Å². The van der Waals surface area contributed by atoms with Gasteiger partial charge in [0.15, 0.2) is 5.78 Å². The maximum absolute atomic E-state index is 13.1. The summed E-state index contributed by atoms with van der Waals surface area (Å²) in [7, 11) is 0. The van der Waals surface area contributed by atoms with Gasteiger partial charge in [0.2, 0.25) is 0 Å². The Morgan fingerprint density at radius 1 is 1.23 bits per heavy atom. The van der Waals surface area contributed by atoms with Gasteiger partial charge < -0.3 is 10.7 Å². The van der Waals surface area contributed by atoms with Crippen molar-refractivity contribution < 1.29 is 4.79 Å². The number of nitriles is 1. The van der Waals surface area contributed by atoms with Crippen molar-refractivity contribution in [3.63, 3.8) is 0 Å². The number of ketones is 1. The predicted octanol–water partition coefficient (Wildman–Crippen LogP) is 4.52. The Bertz CT molecular complexity index is 1280. The van der Waals surface area contributed by atoms with E-state index in [1.165, 1.54) is 6.20 Å². The minimum Gasteiger partial charge on any atom is -0.384 e. The summed E-state index contributed by atoms with van der Waals surface area (Å²) in [6.07, 6.45) is 5.29. The van der Waals surface area contributed by atoms with Gasteiger partial charge in [-0.2, -0.15) is 5.26 Å². The Morgan fingerprint density at radius 3 is 2.87 bits per heavy atom. The smallest absolute Gasteiger partial charge is 0.161 e. The van der Waals surface area contributed by atoms with Gasteiger partial charge in [-0.1, -0.05) is 17.7 Å². The number of pyridine rings is 1. The molecule has 3 aromatic rings. The molecule has 3 N–H and O–H groups in total. The van der Waals surface area contributed by atoms with E-state index in [1.54, 1.807) is 17.0 Å². The SMILES string of the molecule is N#CC1=C(N)N(c2ccc(Cl)cn2)C2=C(C(=O)CCC2)[C@@H]1c1ccc2[nH]ccc2c1. The van der Waals surface area contributed by atoms with Gasteiger partial charge in [-0.3, -0.25) is 9.69 Å². The fourth-order valence-electron chi connectivity index (χ4n) is 4.43. The summed E-state index contributed by atoms with van der Waals surface area (Å²) in [5.74, 6) is 0.418. The molecule has 1 aromatic carbocycles. The monoisotopic (exact) mass is 415 g/mol. The quantitative estimate of drug-likeness (QED) is 0.641. The van der Waals surface area contributed by atoms with Crippen LogP contribution in [-0.2, 0) is 4.79 Å². The van der Waals surface area contributed by atoms with Crippen molar-refractivity contribution in [2.75, 3.05) is 4.90 Å². The minimum atomic E-state index is -0.486. The summed E-state index contributed by atoms with van der Waals surface area (Å²) in [6.45, 7) is 0. The normalized spacial score (nSPS) is 19.3. The van der Waals surface area contributed by atoms with Crippen LogP contribution in [0.25, 0.3) is 10.9 Å². The van der Waals surface area contributed by atoms with Crippen LogP contribution in [0.15, 0.2) is 71.5 Å². The third-order valence-electron chi connectivity index (χ3n) is 5.76. The second kappa shape index (κ2) is 7.05. The average Bonchev–Trinajstić information content (AvgIpc) is 3.22. The van der Waals surface area contributed by atoms with Gasteiger partial charge in [0.1, 0.15) is 11.6 Å². The maximum Gasteiger partial charge on any atom is 0.161 e. The molecule has 0 unspecified atom stereocenters. The van der Waals surface area contributed by atoms with Crippen LogP contribution in [0.4, 0.5) is 5.82 Å². The number of hydrogen-bond donors (Lipinski definition) is 2. The van der Waals surface area contributed by atoms with E-state index in [2.05, 4.69) is 16.0 Å². The molecule has 0 bridgehead atoms. The van der Waals surface area contributed by atoms with Crippen molar-refractivity contribution in [2.24, 2.45) is 5.73 Å². The van der Waals surface area contributed by atoms with E-state index in [0.717, 1.165) is 28.6 Å². The Morgan fingerprint density at radius 2 is 2.10 bits per heavy atom. The molecule has 1 atom stereocenters. The highest BCUT2D eigenvalue weighted by molar-refractivity contribution is 6.30. The van der Waals surface area contributed by atoms with Crippen LogP contribution in [0.3, 0.4) is 0 Å². The van der Waals surface area contributed by atoms with Gasteiger partial charge in [-0.05, 0) is 54.1 Å². The molecule has 148 valence electrons. The number of aromatic nitrogens is 2. The highest BCUT2D eigenvalue weighted by Crippen LogP contribution is 2.46. The van der Waals surface area contributed by atoms with Gasteiger partial charge in [-0.25, -0.2) is 4.98 Å². The molecule has 2 aromatic heterocycles. The molecule has 0 saturated heterocycles. The highest BCUT2D eigenvalue weighted by Gasteiger charge is 2.40. The summed E-state index contributed by atoms with van der Waals surface area (Å²) in [5, 5.41) is 11.6. The molecule has 0 amide bonds. The number of benzene rings is 1. The van der Waals surface area contributed by atoms with Gasteiger partial charge in [0.05, 0.1) is 22.6 Å². The van der Waals surface area contributed by atoms with E-state index in [1.807, 2.05) is 30.5 Å². The molecule has 1 aliphatic carbocycles. The van der Waals surface area contributed by atoms with Crippen molar-refractivity contribution in [2.45, 2.75) is 25.2 Å². The number of halogens is 1. The zero-order valence-corrected chi connectivity index (χ0v) is 16.8. The molecule has 30 heavy (non-hydrogen) atoms. The minimum absolute atomic E-state index is 0.0506. The molecule has 0 radical (unpaired) electrons. The summed E-state index contributed by atoms with van der Waals surface area (Å²) in [6, 6.07) is 13.7. The molecule has 0 spiro atoms. The lowest BCUT2D eigenvalue weighted by molar-refractivity contribution is -0.116. The van der Waals surface area contributed by atoms with E-state index in [9.17, 15) is 10.1 Å². The average molecular weight is 416 g/mol. The first kappa shape index (κ1) is 18.5. The van der Waals surface area contributed by atoms with Crippen LogP contribution in [0, 0.1) is 11.3 Å². The van der Waals surface area contributed by atoms with Crippen molar-refractivity contribution in [3.05, 3.63) is 82.0 Å². The zero-order valence-electron chi connectivity index (χ0n) is 16.0. The molecular weight excluding hydrogens is 398 g/mol. The van der Waals surface area contributed by atoms with Gasteiger partial charge in [0.25, 0.3) is 0 Å². The van der Waals surface area contributed by atoms with Crippen molar-refractivity contribution in [1.29, 1.82) is 5.26 Å². The first-order valence-corrected chi connectivity index (χ1v) is 10.1. The third kappa shape index (κ3) is 2.78. The number of H-pyrrole nitrogens is 1. The first-order chi connectivity index (χ1) is 14.6. The maximum atomic E-state index is 13.1. The summed E-state index contributed by atoms with van der Waals surface area (Å²) in [4.78, 5) is 22.4. The molecular formula is C23H18ClN5O. The van der Waals surface area contributed by atoms with E-state index in [-0.39, 0.29) is 5.78 Å². The molecule has 6 nitrogen and oxygen atoms in total. The topological polar surface area (TPSA) is 98.8 Å². The number of rotatable bonds is 2. The molecule has 0 fully saturated rings. The number of nitrogens with zero attached hydrogens (tertiary/aromatic N) is 3. The number of carbonyl (C=O) groups is 1. The number of anilines is 1. The first-order valence-electron chi connectivity index (χ1n) is 9.73. The molecule has 0 saturated carbocycles. The molecule has 2 aliphatic rings. The fourth-order valence-corrected chi connectivity index (χ4v) is 4.54. The lowest BCUT2D eigenvalue weighted by Gasteiger charge is -2.39. The summed E-state index contributed by atoms with van der Waals surface area (Å²) >= 11 is 6.00. The summed E-state index contributed by atoms with van der Waals surface area (Å²) in [5.41, 5.74) is 10.2. The Kier molecular flexibility index (Phi) is 4.34. The largest absolute Gasteiger partial charge is 0.384 e. The van der Waals surface area contributed by atoms with Crippen molar-refractivity contribution in [1.82, 2.24) is 9.97 Å². The second-order valence-electron chi connectivity index (χ2n) is 7.48. The van der Waals surface area contributed by atoms with E-state index >= 15 is 0 Å². The number of aromatic amines is 1. The number of fused-ring (bicyclic) bond motifs is 1. The highest BCUT2D eigenvalue weighted by atomic mass is 35.5. The van der Waals surface area contributed by atoms with Crippen molar-refractivity contribution >= 4 is 34.1 Å². The molecule has 1 aliphatic heterocycles. The van der Waals surface area contributed by atoms with E-state index < -0.39 is 5.92 Å². The van der Waals surface area contributed by atoms with Crippen LogP contribution < -0.4 is 10.6 Å². The molecule has 3 heterocycles. The standard InChI is InChI=1S/C23H18ClN5O/c24-15-5-7-20(28-12-15)29-18-2-1-3-19(30)22(18)21(16(11-25)23(29)26)14-4-6-17-13(10-14)8-9-27-17/h4-10,12,21,27H,1-3,26H2/t21-/m1/s1. The lowest BCUT2D eigenvalue weighted by Crippen LogP contribution is -2.39. The predicted molar refractivity (Wildman–Crippen MR) is 115 cm³/mol. The molecule has 5 rings (SSSR count). The number of hydrogen-bond acceptors (Lipinski definition) is 5. The van der Waals surface area contributed by atoms with Gasteiger partial charge >= 0.3 is 0 Å². The number of nitrogens with one attached hydrogen (secondary N) is 1. The molecule has 7 heteroatoms. The van der Waals surface area contributed by atoms with Gasteiger partial charge in [0, 0.05) is 35.6 Å². The number of allylic oxidation sites excluding steroid dienone is 3. The van der Waals surface area contributed by atoms with Gasteiger partial charge in [-0.15, -0.1) is 0 Å². The Balaban J connectivity index is 1.75. The Hall–Kier alpha value is -3.56. The van der Waals surface area contributed by atoms with Crippen LogP contribution >= 0.6 is 11.6 Å². The second-order valence-corrected chi connectivity index (χ2v) is 7.91. The Labute approximate surface area is 178 Å². The number of carbonyl (C=O) groups excluding carboxylic acids is 1. The summed E-state index contributed by atoms with van der Waals surface area (Å²) < 4.78 is 0. The van der Waals surface area contributed by atoms with Crippen LogP contribution in [-0.4, -0.2) is 15.8 Å². The fraction of sp³-hybridized carbons (Fsp3) is 0.174. The van der Waals surface area contributed by atoms with E-state index in [4.69, 9.17) is 17.3 Å². The van der Waals surface area contributed by atoms with E-state index in [0.29, 0.717) is 40.6 Å². The number of Topliss-reactive ketones (excluding diaryl/α,β-unsaturated/α-hetero) is 1. The number of nitrogens with two attached hydrogens (primary N) is 1. The third-order valence-corrected chi connectivity index (χ3v) is 5.99. The zero-order chi connectivity index (χ0) is 20.8.